The summed E-state index contributed by atoms with van der Waals surface area (Å²) in [5.74, 6) is 1.37. The van der Waals surface area contributed by atoms with Crippen LogP contribution in [0, 0.1) is 29.2 Å². The second-order valence-electron chi connectivity index (χ2n) is 16.5. The molecule has 0 fully saturated rings. The summed E-state index contributed by atoms with van der Waals surface area (Å²) in [5.41, 5.74) is -2.66. The number of thiophene rings is 2. The number of aliphatic hydroxyl groups is 1. The molecule has 69 heavy (non-hydrogen) atoms. The van der Waals surface area contributed by atoms with Crippen LogP contribution in [-0.2, 0) is 4.74 Å². The first-order valence-corrected chi connectivity index (χ1v) is 25.8. The molecule has 15 heteroatoms. The van der Waals surface area contributed by atoms with Crippen LogP contribution in [-0.4, -0.2) is 63.0 Å². The normalized spacial score (nSPS) is 14.9. The number of allylic oxidation sites excluding steroid dienone is 1. The standard InChI is InChI=1S/C54H67F3N4O6S2/c1-8-13-33-63-49-43(27-23-39-21-24-41(25-22-39)61(12-5)31-19-17-18-20-32-62)68-45(51(49)65-35-15-10-3)29-30-46-52(66-36-16-11-4)50(64-34-14-9-2)44(69-46)28-26-42-47(60-7)48(40(37-58)38-59)67-53(42,6)54(55,56)57/h21-30,62H,8-20,31-36H2,1-6H3. The molecule has 3 heterocycles. The molecule has 1 aliphatic rings. The minimum absolute atomic E-state index is 0.235. The lowest BCUT2D eigenvalue weighted by atomic mass is 9.94. The molecule has 0 spiro atoms. The van der Waals surface area contributed by atoms with Crippen LogP contribution in [0.3, 0.4) is 0 Å². The van der Waals surface area contributed by atoms with Gasteiger partial charge in [-0.05, 0) is 94.4 Å². The maximum Gasteiger partial charge on any atom is 0.430 e. The zero-order chi connectivity index (χ0) is 50.2. The molecule has 1 aliphatic heterocycles. The Morgan fingerprint density at radius 3 is 1.52 bits per heavy atom. The van der Waals surface area contributed by atoms with E-state index in [2.05, 4.69) is 66.9 Å². The maximum atomic E-state index is 14.8. The summed E-state index contributed by atoms with van der Waals surface area (Å²) in [7, 11) is 0. The summed E-state index contributed by atoms with van der Waals surface area (Å²) in [6, 6.07) is 11.6. The van der Waals surface area contributed by atoms with Crippen LogP contribution in [0.4, 0.5) is 18.9 Å². The molecule has 3 aromatic rings. The van der Waals surface area contributed by atoms with Gasteiger partial charge in [0, 0.05) is 31.0 Å². The van der Waals surface area contributed by atoms with Gasteiger partial charge in [-0.25, -0.2) is 4.85 Å². The van der Waals surface area contributed by atoms with Crippen LogP contribution in [0.25, 0.3) is 35.2 Å². The predicted molar refractivity (Wildman–Crippen MR) is 274 cm³/mol. The van der Waals surface area contributed by atoms with Crippen LogP contribution in [0.5, 0.6) is 23.0 Å². The van der Waals surface area contributed by atoms with Gasteiger partial charge in [-0.15, -0.1) is 22.7 Å². The Bertz CT molecular complexity index is 2380. The van der Waals surface area contributed by atoms with Gasteiger partial charge in [0.2, 0.25) is 11.3 Å². The summed E-state index contributed by atoms with van der Waals surface area (Å²) in [4.78, 5) is 8.49. The molecular weight excluding hydrogens is 922 g/mol. The monoisotopic (exact) mass is 988 g/mol. The number of halogens is 3. The first kappa shape index (κ1) is 55.9. The van der Waals surface area contributed by atoms with E-state index in [1.165, 1.54) is 28.7 Å². The van der Waals surface area contributed by atoms with Gasteiger partial charge in [0.15, 0.2) is 34.3 Å². The number of benzene rings is 1. The molecule has 2 aromatic heterocycles. The molecule has 1 aromatic carbocycles. The predicted octanol–water partition coefficient (Wildman–Crippen LogP) is 15.1. The summed E-state index contributed by atoms with van der Waals surface area (Å²) in [5, 5.41) is 28.2. The van der Waals surface area contributed by atoms with E-state index in [9.17, 15) is 23.7 Å². The van der Waals surface area contributed by atoms with E-state index in [-0.39, 0.29) is 6.61 Å². The third kappa shape index (κ3) is 15.2. The molecule has 1 N–H and O–H groups in total. The number of aliphatic hydroxyl groups excluding tert-OH is 1. The number of anilines is 1. The highest BCUT2D eigenvalue weighted by molar-refractivity contribution is 7.15. The molecule has 0 aliphatic carbocycles. The van der Waals surface area contributed by atoms with E-state index in [1.807, 2.05) is 26.0 Å². The summed E-state index contributed by atoms with van der Waals surface area (Å²) in [6.45, 7) is 22.8. The van der Waals surface area contributed by atoms with Crippen LogP contribution in [0.1, 0.15) is 144 Å². The van der Waals surface area contributed by atoms with Crippen molar-refractivity contribution >= 4 is 58.7 Å². The summed E-state index contributed by atoms with van der Waals surface area (Å²) >= 11 is 2.78. The molecular formula is C54H67F3N4O6S2. The average molecular weight is 989 g/mol. The summed E-state index contributed by atoms with van der Waals surface area (Å²) < 4.78 is 75.5. The van der Waals surface area contributed by atoms with Crippen molar-refractivity contribution in [2.24, 2.45) is 0 Å². The average Bonchev–Trinajstić information content (AvgIpc) is 3.96. The second kappa shape index (κ2) is 28.7. The van der Waals surface area contributed by atoms with Gasteiger partial charge in [-0.2, -0.15) is 23.7 Å². The van der Waals surface area contributed by atoms with Crippen molar-refractivity contribution in [2.45, 2.75) is 130 Å². The van der Waals surface area contributed by atoms with Crippen molar-refractivity contribution in [1.82, 2.24) is 0 Å². The largest absolute Gasteiger partial charge is 0.488 e. The van der Waals surface area contributed by atoms with E-state index in [0.29, 0.717) is 65.6 Å². The van der Waals surface area contributed by atoms with E-state index in [0.717, 1.165) is 118 Å². The zero-order valence-corrected chi connectivity index (χ0v) is 42.6. The number of rotatable bonds is 30. The topological polar surface area (TPSA) is 122 Å². The molecule has 0 saturated heterocycles. The zero-order valence-electron chi connectivity index (χ0n) is 40.9. The number of alkyl halides is 3. The fourth-order valence-electron chi connectivity index (χ4n) is 7.16. The van der Waals surface area contributed by atoms with Crippen molar-refractivity contribution in [3.8, 4) is 35.1 Å². The Kier molecular flexibility index (Phi) is 23.3. The minimum atomic E-state index is -5.01. The molecule has 0 radical (unpaired) electrons. The maximum absolute atomic E-state index is 14.8. The molecule has 372 valence electrons. The minimum Gasteiger partial charge on any atom is -0.488 e. The first-order chi connectivity index (χ1) is 33.4. The van der Waals surface area contributed by atoms with Gasteiger partial charge in [-0.3, -0.25) is 0 Å². The number of nitriles is 2. The molecule has 1 unspecified atom stereocenters. The number of nitrogens with zero attached hydrogens (tertiary/aromatic N) is 4. The molecule has 0 bridgehead atoms. The van der Waals surface area contributed by atoms with Crippen LogP contribution in [0.2, 0.25) is 0 Å². The summed E-state index contributed by atoms with van der Waals surface area (Å²) in [6.07, 6.45) is 16.3. The first-order valence-electron chi connectivity index (χ1n) is 24.2. The smallest absolute Gasteiger partial charge is 0.430 e. The van der Waals surface area contributed by atoms with Crippen molar-refractivity contribution in [3.05, 3.63) is 89.4 Å². The molecule has 1 atom stereocenters. The number of hydrogen-bond acceptors (Lipinski definition) is 11. The lowest BCUT2D eigenvalue weighted by molar-refractivity contribution is -0.236. The Balaban J connectivity index is 1.85. The number of ether oxygens (including phenoxy) is 5. The van der Waals surface area contributed by atoms with Gasteiger partial charge >= 0.3 is 6.18 Å². The van der Waals surface area contributed by atoms with Crippen LogP contribution >= 0.6 is 22.7 Å². The third-order valence-electron chi connectivity index (χ3n) is 11.3. The Morgan fingerprint density at radius 1 is 0.696 bits per heavy atom. The van der Waals surface area contributed by atoms with Crippen molar-refractivity contribution in [2.75, 3.05) is 51.0 Å². The van der Waals surface area contributed by atoms with Gasteiger partial charge in [0.25, 0.3) is 0 Å². The fraction of sp³-hybridized carbons (Fsp3) is 0.500. The van der Waals surface area contributed by atoms with Gasteiger partial charge in [-0.1, -0.05) is 90.5 Å². The van der Waals surface area contributed by atoms with E-state index in [4.69, 9.17) is 35.4 Å². The fourth-order valence-corrected chi connectivity index (χ4v) is 9.15. The van der Waals surface area contributed by atoms with Crippen molar-refractivity contribution < 1.29 is 42.0 Å². The highest BCUT2D eigenvalue weighted by Crippen LogP contribution is 2.52. The molecule has 0 amide bonds. The Hall–Kier alpha value is -5.66. The molecule has 4 rings (SSSR count). The number of unbranched alkanes of at least 4 members (excludes halogenated alkanes) is 7. The Morgan fingerprint density at radius 2 is 1.13 bits per heavy atom. The van der Waals surface area contributed by atoms with Crippen molar-refractivity contribution in [3.63, 3.8) is 0 Å². The number of hydrogen-bond donors (Lipinski definition) is 1. The quantitative estimate of drug-likeness (QED) is 0.0395. The lowest BCUT2D eigenvalue weighted by Crippen LogP contribution is -2.43. The molecule has 0 saturated carbocycles. The van der Waals surface area contributed by atoms with Gasteiger partial charge < -0.3 is 33.7 Å². The highest BCUT2D eigenvalue weighted by atomic mass is 32.1. The SMILES string of the molecule is [C-]#[N+]C1=C(C=Cc2sc(C=Cc3sc(C=Cc4ccc(N(CC)CCCCCCO)cc4)c(OCCCC)c3OCCCC)c(OCCCC)c2OCCCC)C(C)(C(F)(F)F)OC1=C(C#N)C#N. The molecule has 10 nitrogen and oxygen atoms in total. The lowest BCUT2D eigenvalue weighted by Gasteiger charge is -2.29. The van der Waals surface area contributed by atoms with Gasteiger partial charge in [0.05, 0.1) is 52.5 Å². The van der Waals surface area contributed by atoms with E-state index < -0.39 is 34.4 Å². The van der Waals surface area contributed by atoms with Crippen molar-refractivity contribution in [1.29, 1.82) is 10.5 Å². The highest BCUT2D eigenvalue weighted by Gasteiger charge is 2.60. The van der Waals surface area contributed by atoms with Crippen LogP contribution < -0.4 is 23.8 Å². The second-order valence-corrected chi connectivity index (χ2v) is 18.7. The van der Waals surface area contributed by atoms with Gasteiger partial charge in [0.1, 0.15) is 12.1 Å². The van der Waals surface area contributed by atoms with E-state index >= 15 is 0 Å². The van der Waals surface area contributed by atoms with E-state index in [1.54, 1.807) is 12.1 Å². The third-order valence-corrected chi connectivity index (χ3v) is 13.5. The Labute approximate surface area is 415 Å². The van der Waals surface area contributed by atoms with Crippen LogP contribution in [0.15, 0.2) is 52.9 Å².